The fourth-order valence-electron chi connectivity index (χ4n) is 8.85. The number of nitrogens with zero attached hydrogens (tertiary/aromatic N) is 2. The molecular formula is C58H40N2. The van der Waals surface area contributed by atoms with E-state index in [0.717, 1.165) is 33.6 Å². The van der Waals surface area contributed by atoms with Crippen molar-refractivity contribution in [2.24, 2.45) is 0 Å². The summed E-state index contributed by atoms with van der Waals surface area (Å²) in [6.45, 7) is 0. The standard InChI is InChI=1S/C58H40N2/c1-3-13-45(14-4-1)49-19-11-21-53-51-17-7-9-23-55(51)59(57(49)53)47-37-33-43(34-38-47)31-29-41-25-27-42(28-26-41)30-32-44-35-39-48(40-36-44)60-56-24-10-8-18-52(56)54-22-12-20-50(58(54)60)46-15-5-2-6-16-46/h1-40H/b31-29+,32-30+. The van der Waals surface area contributed by atoms with Gasteiger partial charge in [0.1, 0.15) is 0 Å². The Labute approximate surface area is 349 Å². The molecule has 11 rings (SSSR count). The quantitative estimate of drug-likeness (QED) is 0.136. The molecule has 2 aromatic heterocycles. The van der Waals surface area contributed by atoms with E-state index in [-0.39, 0.29) is 0 Å². The molecule has 0 unspecified atom stereocenters. The average molecular weight is 765 g/mol. The maximum atomic E-state index is 2.41. The molecule has 0 aliphatic heterocycles. The molecular weight excluding hydrogens is 725 g/mol. The molecule has 0 N–H and O–H groups in total. The van der Waals surface area contributed by atoms with E-state index in [4.69, 9.17) is 0 Å². The number of aromatic nitrogens is 2. The highest BCUT2D eigenvalue weighted by Crippen LogP contribution is 2.39. The Kier molecular flexibility index (Phi) is 8.87. The van der Waals surface area contributed by atoms with Crippen molar-refractivity contribution in [1.29, 1.82) is 0 Å². The van der Waals surface area contributed by atoms with Gasteiger partial charge in [-0.3, -0.25) is 0 Å². The molecule has 9 aromatic carbocycles. The highest BCUT2D eigenvalue weighted by Gasteiger charge is 2.17. The van der Waals surface area contributed by atoms with Crippen LogP contribution in [0.2, 0.25) is 0 Å². The minimum Gasteiger partial charge on any atom is -0.309 e. The number of hydrogen-bond acceptors (Lipinski definition) is 0. The summed E-state index contributed by atoms with van der Waals surface area (Å²) in [5, 5.41) is 5.05. The molecule has 282 valence electrons. The third-order valence-corrected chi connectivity index (χ3v) is 11.7. The second kappa shape index (κ2) is 15.1. The fraction of sp³-hybridized carbons (Fsp3) is 0. The van der Waals surface area contributed by atoms with Crippen LogP contribution in [0.4, 0.5) is 0 Å². The molecule has 60 heavy (non-hydrogen) atoms. The molecule has 0 fully saturated rings. The van der Waals surface area contributed by atoms with E-state index in [1.807, 2.05) is 0 Å². The van der Waals surface area contributed by atoms with Gasteiger partial charge in [0.25, 0.3) is 0 Å². The van der Waals surface area contributed by atoms with E-state index in [0.29, 0.717) is 0 Å². The predicted octanol–water partition coefficient (Wildman–Crippen LogP) is 15.6. The highest BCUT2D eigenvalue weighted by molar-refractivity contribution is 6.15. The van der Waals surface area contributed by atoms with Gasteiger partial charge in [-0.1, -0.05) is 206 Å². The first kappa shape index (κ1) is 35.2. The largest absolute Gasteiger partial charge is 0.309 e. The van der Waals surface area contributed by atoms with Gasteiger partial charge in [0, 0.05) is 44.0 Å². The lowest BCUT2D eigenvalue weighted by Gasteiger charge is -2.12. The number of fused-ring (bicyclic) bond motifs is 6. The first-order chi connectivity index (χ1) is 29.8. The fourth-order valence-corrected chi connectivity index (χ4v) is 8.85. The Balaban J connectivity index is 0.825. The van der Waals surface area contributed by atoms with E-state index in [2.05, 4.69) is 252 Å². The van der Waals surface area contributed by atoms with Crippen LogP contribution in [-0.4, -0.2) is 9.13 Å². The van der Waals surface area contributed by atoms with Gasteiger partial charge in [-0.25, -0.2) is 0 Å². The molecule has 0 bridgehead atoms. The van der Waals surface area contributed by atoms with Crippen LogP contribution in [0, 0.1) is 0 Å². The summed E-state index contributed by atoms with van der Waals surface area (Å²) < 4.78 is 4.82. The molecule has 0 aliphatic carbocycles. The van der Waals surface area contributed by atoms with Crippen molar-refractivity contribution in [3.8, 4) is 33.6 Å². The number of benzene rings is 9. The molecule has 0 radical (unpaired) electrons. The summed E-state index contributed by atoms with van der Waals surface area (Å²) in [5.41, 5.74) is 16.7. The zero-order valence-electron chi connectivity index (χ0n) is 33.0. The van der Waals surface area contributed by atoms with Gasteiger partial charge in [-0.15, -0.1) is 0 Å². The zero-order valence-corrected chi connectivity index (χ0v) is 33.0. The molecule has 2 nitrogen and oxygen atoms in total. The molecule has 0 atom stereocenters. The van der Waals surface area contributed by atoms with Crippen molar-refractivity contribution < 1.29 is 0 Å². The molecule has 11 aromatic rings. The highest BCUT2D eigenvalue weighted by atomic mass is 15.0. The van der Waals surface area contributed by atoms with Crippen molar-refractivity contribution in [2.45, 2.75) is 0 Å². The number of hydrogen-bond donors (Lipinski definition) is 0. The van der Waals surface area contributed by atoms with Crippen LogP contribution >= 0.6 is 0 Å². The maximum absolute atomic E-state index is 2.41. The van der Waals surface area contributed by atoms with E-state index < -0.39 is 0 Å². The van der Waals surface area contributed by atoms with Gasteiger partial charge in [-0.2, -0.15) is 0 Å². The topological polar surface area (TPSA) is 9.86 Å². The second-order valence-corrected chi connectivity index (χ2v) is 15.4. The van der Waals surface area contributed by atoms with E-state index in [1.54, 1.807) is 0 Å². The Morgan fingerprint density at radius 2 is 0.567 bits per heavy atom. The Hall–Kier alpha value is -7.94. The number of para-hydroxylation sites is 4. The van der Waals surface area contributed by atoms with Crippen molar-refractivity contribution >= 4 is 67.9 Å². The summed E-state index contributed by atoms with van der Waals surface area (Å²) in [4.78, 5) is 0. The van der Waals surface area contributed by atoms with E-state index in [1.165, 1.54) is 65.9 Å². The molecule has 0 spiro atoms. The van der Waals surface area contributed by atoms with Gasteiger partial charge in [0.05, 0.1) is 22.1 Å². The Morgan fingerprint density at radius 3 is 0.950 bits per heavy atom. The van der Waals surface area contributed by atoms with Crippen LogP contribution in [0.25, 0.3) is 102 Å². The normalized spacial score (nSPS) is 11.9. The monoisotopic (exact) mass is 764 g/mol. The lowest BCUT2D eigenvalue weighted by atomic mass is 10.0. The maximum Gasteiger partial charge on any atom is 0.0619 e. The van der Waals surface area contributed by atoms with Crippen LogP contribution < -0.4 is 0 Å². The average Bonchev–Trinajstić information content (AvgIpc) is 3.85. The Morgan fingerprint density at radius 1 is 0.250 bits per heavy atom. The van der Waals surface area contributed by atoms with Crippen molar-refractivity contribution in [3.05, 3.63) is 241 Å². The molecule has 0 aliphatic rings. The minimum atomic E-state index is 1.15. The molecule has 0 saturated carbocycles. The number of rotatable bonds is 8. The van der Waals surface area contributed by atoms with Gasteiger partial charge >= 0.3 is 0 Å². The SMILES string of the molecule is C(=C\c1ccc(-n2c3ccccc3c3cccc(-c4ccccc4)c32)cc1)/c1ccc(/C=C/c2ccc(-n3c4ccccc4c4cccc(-c5ccccc5)c43)cc2)cc1. The van der Waals surface area contributed by atoms with Gasteiger partial charge in [0.15, 0.2) is 0 Å². The Bertz CT molecular complexity index is 3130. The molecule has 0 saturated heterocycles. The summed E-state index contributed by atoms with van der Waals surface area (Å²) in [6.07, 6.45) is 8.76. The third kappa shape index (κ3) is 6.32. The van der Waals surface area contributed by atoms with Gasteiger partial charge in [-0.05, 0) is 69.8 Å². The van der Waals surface area contributed by atoms with Crippen molar-refractivity contribution in [2.75, 3.05) is 0 Å². The lowest BCUT2D eigenvalue weighted by Crippen LogP contribution is -1.95. The first-order valence-corrected chi connectivity index (χ1v) is 20.6. The van der Waals surface area contributed by atoms with Crippen LogP contribution in [-0.2, 0) is 0 Å². The molecule has 2 heteroatoms. The van der Waals surface area contributed by atoms with Crippen molar-refractivity contribution in [3.63, 3.8) is 0 Å². The molecule has 0 amide bonds. The second-order valence-electron chi connectivity index (χ2n) is 15.4. The molecule has 2 heterocycles. The van der Waals surface area contributed by atoms with E-state index in [9.17, 15) is 0 Å². The predicted molar refractivity (Wildman–Crippen MR) is 257 cm³/mol. The lowest BCUT2D eigenvalue weighted by molar-refractivity contribution is 1.18. The van der Waals surface area contributed by atoms with E-state index >= 15 is 0 Å². The smallest absolute Gasteiger partial charge is 0.0619 e. The third-order valence-electron chi connectivity index (χ3n) is 11.7. The van der Waals surface area contributed by atoms with Crippen LogP contribution in [0.15, 0.2) is 218 Å². The summed E-state index contributed by atoms with van der Waals surface area (Å²) in [6, 6.07) is 78.6. The first-order valence-electron chi connectivity index (χ1n) is 20.6. The van der Waals surface area contributed by atoms with Crippen molar-refractivity contribution in [1.82, 2.24) is 9.13 Å². The van der Waals surface area contributed by atoms with Gasteiger partial charge in [0.2, 0.25) is 0 Å². The van der Waals surface area contributed by atoms with Crippen LogP contribution in [0.3, 0.4) is 0 Å². The minimum absolute atomic E-state index is 1.15. The van der Waals surface area contributed by atoms with Crippen LogP contribution in [0.5, 0.6) is 0 Å². The van der Waals surface area contributed by atoms with Gasteiger partial charge < -0.3 is 9.13 Å². The summed E-state index contributed by atoms with van der Waals surface area (Å²) in [5.74, 6) is 0. The summed E-state index contributed by atoms with van der Waals surface area (Å²) >= 11 is 0. The zero-order chi connectivity index (χ0) is 39.8. The summed E-state index contributed by atoms with van der Waals surface area (Å²) in [7, 11) is 0. The van der Waals surface area contributed by atoms with Crippen LogP contribution in [0.1, 0.15) is 22.3 Å².